The maximum absolute atomic E-state index is 11.3. The van der Waals surface area contributed by atoms with E-state index in [1.54, 1.807) is 0 Å². The fraction of sp³-hybridized carbons (Fsp3) is 0.750. The average molecular weight is 370 g/mol. The molecule has 0 bridgehead atoms. The van der Waals surface area contributed by atoms with Crippen molar-refractivity contribution in [3.63, 3.8) is 0 Å². The number of hydrogen-bond donors (Lipinski definition) is 2. The highest BCUT2D eigenvalue weighted by molar-refractivity contribution is 7.85. The van der Waals surface area contributed by atoms with E-state index in [0.29, 0.717) is 0 Å². The summed E-state index contributed by atoms with van der Waals surface area (Å²) in [5, 5.41) is 4.57. The Kier molecular flexibility index (Phi) is 5.73. The van der Waals surface area contributed by atoms with Crippen LogP contribution in [0.1, 0.15) is 0 Å². The van der Waals surface area contributed by atoms with Crippen molar-refractivity contribution in [2.45, 2.75) is 15.9 Å². The van der Waals surface area contributed by atoms with Crippen molar-refractivity contribution in [2.75, 3.05) is 19.5 Å². The normalized spacial score (nSPS) is 22.7. The number of amides is 2. The van der Waals surface area contributed by atoms with Crippen LogP contribution in [0.25, 0.3) is 0 Å². The number of alkyl carbamates (subject to hydrolysis) is 1. The summed E-state index contributed by atoms with van der Waals surface area (Å²) in [5.41, 5.74) is 0. The second-order valence-electron chi connectivity index (χ2n) is 3.92. The molecule has 2 atom stereocenters. The molecular formula is C8H11Cl3N2O6S. The van der Waals surface area contributed by atoms with Crippen LogP contribution in [-0.2, 0) is 23.8 Å². The maximum atomic E-state index is 11.3. The Morgan fingerprint density at radius 1 is 1.45 bits per heavy atom. The predicted octanol–water partition coefficient (Wildman–Crippen LogP) is -0.0740. The summed E-state index contributed by atoms with van der Waals surface area (Å²) < 4.78 is 28.9. The summed E-state index contributed by atoms with van der Waals surface area (Å²) in [4.78, 5) is 22.6. The molecule has 0 aliphatic carbocycles. The van der Waals surface area contributed by atoms with Gasteiger partial charge in [-0.1, -0.05) is 34.8 Å². The molecule has 116 valence electrons. The lowest BCUT2D eigenvalue weighted by atomic mass is 10.0. The third-order valence-electron chi connectivity index (χ3n) is 2.11. The molecule has 1 aliphatic heterocycles. The molecule has 0 aromatic heterocycles. The van der Waals surface area contributed by atoms with E-state index in [2.05, 4.69) is 19.6 Å². The van der Waals surface area contributed by atoms with Crippen molar-refractivity contribution in [2.24, 2.45) is 0 Å². The molecule has 2 N–H and O–H groups in total. The van der Waals surface area contributed by atoms with E-state index < -0.39 is 44.6 Å². The summed E-state index contributed by atoms with van der Waals surface area (Å²) in [6.07, 6.45) is -0.105. The van der Waals surface area contributed by atoms with Crippen molar-refractivity contribution in [3.8, 4) is 0 Å². The highest BCUT2D eigenvalue weighted by Crippen LogP contribution is 2.25. The van der Waals surface area contributed by atoms with Crippen LogP contribution in [0.4, 0.5) is 4.79 Å². The van der Waals surface area contributed by atoms with Gasteiger partial charge in [0.1, 0.15) is 12.6 Å². The van der Waals surface area contributed by atoms with Crippen molar-refractivity contribution in [3.05, 3.63) is 0 Å². The zero-order chi connectivity index (χ0) is 15.6. The Balaban J connectivity index is 2.41. The molecule has 1 rings (SSSR count). The van der Waals surface area contributed by atoms with Gasteiger partial charge >= 0.3 is 6.09 Å². The van der Waals surface area contributed by atoms with Crippen molar-refractivity contribution in [1.82, 2.24) is 10.6 Å². The van der Waals surface area contributed by atoms with Gasteiger partial charge in [-0.15, -0.1) is 0 Å². The lowest BCUT2D eigenvalue weighted by Gasteiger charge is -2.36. The third-order valence-corrected chi connectivity index (χ3v) is 3.01. The minimum Gasteiger partial charge on any atom is -0.445 e. The summed E-state index contributed by atoms with van der Waals surface area (Å²) in [6.45, 7) is -0.803. The van der Waals surface area contributed by atoms with E-state index >= 15 is 0 Å². The number of ether oxygens (including phenoxy) is 1. The smallest absolute Gasteiger partial charge is 0.408 e. The minimum absolute atomic E-state index is 0.306. The fourth-order valence-electron chi connectivity index (χ4n) is 1.26. The molecule has 8 nitrogen and oxygen atoms in total. The highest BCUT2D eigenvalue weighted by Gasteiger charge is 2.41. The van der Waals surface area contributed by atoms with E-state index in [4.69, 9.17) is 34.8 Å². The molecule has 1 fully saturated rings. The lowest BCUT2D eigenvalue weighted by molar-refractivity contribution is -0.132. The number of halogens is 3. The topological polar surface area (TPSA) is 111 Å². The summed E-state index contributed by atoms with van der Waals surface area (Å²) >= 11 is 16.1. The number of rotatable bonds is 5. The molecule has 2 amide bonds. The largest absolute Gasteiger partial charge is 0.445 e. The molecule has 0 saturated carbocycles. The van der Waals surface area contributed by atoms with Gasteiger partial charge in [-0.3, -0.25) is 8.98 Å². The molecule has 1 aliphatic rings. The molecule has 0 aromatic carbocycles. The van der Waals surface area contributed by atoms with E-state index in [0.717, 1.165) is 6.26 Å². The first-order chi connectivity index (χ1) is 8.98. The zero-order valence-electron chi connectivity index (χ0n) is 10.1. The molecule has 12 heteroatoms. The number of carbonyl (C=O) groups is 2. The lowest BCUT2D eigenvalue weighted by Crippen LogP contribution is -2.70. The Bertz CT molecular complexity index is 491. The van der Waals surface area contributed by atoms with Crippen LogP contribution in [0.2, 0.25) is 0 Å². The van der Waals surface area contributed by atoms with Crippen LogP contribution in [-0.4, -0.2) is 55.8 Å². The van der Waals surface area contributed by atoms with Crippen LogP contribution in [0.15, 0.2) is 0 Å². The van der Waals surface area contributed by atoms with Gasteiger partial charge in [-0.2, -0.15) is 8.42 Å². The van der Waals surface area contributed by atoms with Gasteiger partial charge in [0.2, 0.25) is 9.70 Å². The van der Waals surface area contributed by atoms with Crippen molar-refractivity contribution >= 4 is 56.9 Å². The summed E-state index contributed by atoms with van der Waals surface area (Å²) in [5.74, 6) is -0.502. The fourth-order valence-corrected chi connectivity index (χ4v) is 1.82. The van der Waals surface area contributed by atoms with Gasteiger partial charge in [-0.25, -0.2) is 4.79 Å². The maximum Gasteiger partial charge on any atom is 0.408 e. The van der Waals surface area contributed by atoms with Gasteiger partial charge < -0.3 is 15.4 Å². The van der Waals surface area contributed by atoms with Gasteiger partial charge in [0.15, 0.2) is 0 Å². The predicted molar refractivity (Wildman–Crippen MR) is 71.3 cm³/mol. The van der Waals surface area contributed by atoms with Crippen LogP contribution < -0.4 is 10.6 Å². The number of nitrogens with one attached hydrogen (secondary N) is 2. The van der Waals surface area contributed by atoms with E-state index in [1.165, 1.54) is 0 Å². The van der Waals surface area contributed by atoms with Crippen LogP contribution in [0.5, 0.6) is 0 Å². The molecule has 0 aromatic rings. The Labute approximate surface area is 130 Å². The van der Waals surface area contributed by atoms with Crippen molar-refractivity contribution < 1.29 is 26.9 Å². The second kappa shape index (κ2) is 6.52. The molecule has 0 unspecified atom stereocenters. The van der Waals surface area contributed by atoms with E-state index in [1.807, 2.05) is 0 Å². The first-order valence-electron chi connectivity index (χ1n) is 5.13. The molecule has 0 radical (unpaired) electrons. The zero-order valence-corrected chi connectivity index (χ0v) is 13.1. The SMILES string of the molecule is CS(=O)(=O)OC[C@@H]1NC(=O)[C@@H]1NC(=O)OCC(Cl)(Cl)Cl. The molecule has 1 saturated heterocycles. The Morgan fingerprint density at radius 3 is 2.50 bits per heavy atom. The quantitative estimate of drug-likeness (QED) is 0.398. The number of carbonyl (C=O) groups excluding carboxylic acids is 2. The minimum atomic E-state index is -3.64. The Hall–Kier alpha value is -0.480. The van der Waals surface area contributed by atoms with Gasteiger partial charge in [0.05, 0.1) is 18.9 Å². The highest BCUT2D eigenvalue weighted by atomic mass is 35.6. The first kappa shape index (κ1) is 17.6. The van der Waals surface area contributed by atoms with Gasteiger partial charge in [0, 0.05) is 0 Å². The molecule has 0 spiro atoms. The van der Waals surface area contributed by atoms with Crippen LogP contribution in [0, 0.1) is 0 Å². The number of alkyl halides is 3. The average Bonchev–Trinajstić information content (AvgIpc) is 2.26. The number of hydrogen-bond acceptors (Lipinski definition) is 6. The van der Waals surface area contributed by atoms with Crippen LogP contribution >= 0.6 is 34.8 Å². The summed E-state index contributed by atoms with van der Waals surface area (Å²) in [6, 6.07) is -1.66. The third kappa shape index (κ3) is 6.31. The monoisotopic (exact) mass is 368 g/mol. The van der Waals surface area contributed by atoms with E-state index in [-0.39, 0.29) is 6.61 Å². The van der Waals surface area contributed by atoms with Crippen molar-refractivity contribution in [1.29, 1.82) is 0 Å². The number of β-lactam (4-membered cyclic amide) rings is 1. The molecule has 1 heterocycles. The molecule has 20 heavy (non-hydrogen) atoms. The first-order valence-corrected chi connectivity index (χ1v) is 8.08. The standard InChI is InChI=1S/C8H11Cl3N2O6S/c1-20(16,17)19-2-4-5(6(14)12-4)13-7(15)18-3-8(9,10)11/h4-5H,2-3H2,1H3,(H,12,14)(H,13,15)/t4-,5+/m0/s1. The van der Waals surface area contributed by atoms with Gasteiger partial charge in [-0.05, 0) is 0 Å². The van der Waals surface area contributed by atoms with E-state index in [9.17, 15) is 18.0 Å². The molecular weight excluding hydrogens is 359 g/mol. The Morgan fingerprint density at radius 2 is 2.05 bits per heavy atom. The summed E-state index contributed by atoms with van der Waals surface area (Å²) in [7, 11) is -3.64. The van der Waals surface area contributed by atoms with Crippen LogP contribution in [0.3, 0.4) is 0 Å². The second-order valence-corrected chi connectivity index (χ2v) is 8.08. The van der Waals surface area contributed by atoms with Gasteiger partial charge in [0.25, 0.3) is 10.1 Å².